The summed E-state index contributed by atoms with van der Waals surface area (Å²) < 4.78 is 1.17. The summed E-state index contributed by atoms with van der Waals surface area (Å²) in [5, 5.41) is 9.76. The first-order chi connectivity index (χ1) is 6.75. The predicted molar refractivity (Wildman–Crippen MR) is 62.7 cm³/mol. The molecule has 2 aromatic heterocycles. The van der Waals surface area contributed by atoms with E-state index in [0.29, 0.717) is 0 Å². The summed E-state index contributed by atoms with van der Waals surface area (Å²) in [5.41, 5.74) is 0. The fourth-order valence-corrected chi connectivity index (χ4v) is 3.58. The van der Waals surface area contributed by atoms with Crippen LogP contribution in [-0.2, 0) is 5.75 Å². The largest absolute Gasteiger partial charge is 0.262 e. The highest BCUT2D eigenvalue weighted by Crippen LogP contribution is 2.28. The van der Waals surface area contributed by atoms with Crippen molar-refractivity contribution in [2.75, 3.05) is 0 Å². The zero-order chi connectivity index (χ0) is 9.97. The Morgan fingerprint density at radius 3 is 3.07 bits per heavy atom. The molecular formula is C8H8BrN3S2. The second kappa shape index (κ2) is 4.46. The number of thiophene rings is 1. The van der Waals surface area contributed by atoms with Crippen molar-refractivity contribution in [2.24, 2.45) is 0 Å². The van der Waals surface area contributed by atoms with Gasteiger partial charge in [-0.15, -0.1) is 16.4 Å². The van der Waals surface area contributed by atoms with Crippen LogP contribution in [0.1, 0.15) is 10.7 Å². The molecule has 0 amide bonds. The van der Waals surface area contributed by atoms with E-state index in [1.807, 2.05) is 6.92 Å². The number of aromatic amines is 1. The molecule has 0 radical (unpaired) electrons. The lowest BCUT2D eigenvalue weighted by molar-refractivity contribution is 0.969. The van der Waals surface area contributed by atoms with Gasteiger partial charge in [-0.05, 0) is 34.3 Å². The Morgan fingerprint density at radius 1 is 1.64 bits per heavy atom. The number of halogens is 1. The minimum atomic E-state index is 0.808. The van der Waals surface area contributed by atoms with Crippen molar-refractivity contribution in [3.05, 3.63) is 26.6 Å². The Labute approximate surface area is 98.5 Å². The lowest BCUT2D eigenvalue weighted by Gasteiger charge is -1.94. The molecule has 0 aliphatic rings. The second-order valence-electron chi connectivity index (χ2n) is 2.68. The highest BCUT2D eigenvalue weighted by molar-refractivity contribution is 9.10. The minimum Gasteiger partial charge on any atom is -0.262 e. The van der Waals surface area contributed by atoms with Crippen LogP contribution in [0.25, 0.3) is 0 Å². The van der Waals surface area contributed by atoms with Crippen molar-refractivity contribution < 1.29 is 0 Å². The molecule has 6 heteroatoms. The first kappa shape index (κ1) is 10.2. The molecule has 0 saturated heterocycles. The monoisotopic (exact) mass is 289 g/mol. The molecule has 2 heterocycles. The van der Waals surface area contributed by atoms with Gasteiger partial charge in [-0.1, -0.05) is 11.8 Å². The molecule has 0 atom stereocenters. The molecular weight excluding hydrogens is 282 g/mol. The fourth-order valence-electron chi connectivity index (χ4n) is 0.945. The zero-order valence-electron chi connectivity index (χ0n) is 7.45. The number of aryl methyl sites for hydroxylation is 1. The molecule has 2 aromatic rings. The first-order valence-electron chi connectivity index (χ1n) is 3.99. The third-order valence-electron chi connectivity index (χ3n) is 1.60. The summed E-state index contributed by atoms with van der Waals surface area (Å²) >= 11 is 6.88. The van der Waals surface area contributed by atoms with Crippen LogP contribution in [0.2, 0.25) is 0 Å². The van der Waals surface area contributed by atoms with Gasteiger partial charge < -0.3 is 0 Å². The van der Waals surface area contributed by atoms with Crippen LogP contribution in [0.4, 0.5) is 0 Å². The minimum absolute atomic E-state index is 0.808. The molecule has 74 valence electrons. The van der Waals surface area contributed by atoms with Crippen LogP contribution in [0.15, 0.2) is 21.1 Å². The third kappa shape index (κ3) is 2.37. The molecule has 14 heavy (non-hydrogen) atoms. The average molecular weight is 290 g/mol. The number of nitrogens with zero attached hydrogens (tertiary/aromatic N) is 2. The van der Waals surface area contributed by atoms with Gasteiger partial charge in [-0.3, -0.25) is 5.10 Å². The van der Waals surface area contributed by atoms with Gasteiger partial charge in [-0.2, -0.15) is 0 Å². The number of H-pyrrole nitrogens is 1. The van der Waals surface area contributed by atoms with Gasteiger partial charge in [0.05, 0.1) is 0 Å². The van der Waals surface area contributed by atoms with E-state index in [0.717, 1.165) is 16.7 Å². The average Bonchev–Trinajstić information content (AvgIpc) is 2.72. The van der Waals surface area contributed by atoms with E-state index in [1.54, 1.807) is 23.1 Å². The van der Waals surface area contributed by atoms with E-state index in [1.165, 1.54) is 9.35 Å². The van der Waals surface area contributed by atoms with E-state index in [4.69, 9.17) is 0 Å². The maximum Gasteiger partial charge on any atom is 0.208 e. The number of hydrogen-bond donors (Lipinski definition) is 1. The Bertz CT molecular complexity index is 424. The maximum atomic E-state index is 4.23. The van der Waals surface area contributed by atoms with Crippen molar-refractivity contribution in [3.63, 3.8) is 0 Å². The standard InChI is InChI=1S/C8H8BrN3S2/c1-5-10-8(12-11-5)14-4-7-6(9)2-3-13-7/h2-3H,4H2,1H3,(H,10,11,12). The van der Waals surface area contributed by atoms with E-state index < -0.39 is 0 Å². The predicted octanol–water partition coefficient (Wildman–Crippen LogP) is 3.23. The second-order valence-corrected chi connectivity index (χ2v) is 5.48. The number of nitrogens with one attached hydrogen (secondary N) is 1. The highest BCUT2D eigenvalue weighted by Gasteiger charge is 2.05. The Hall–Kier alpha value is -0.330. The van der Waals surface area contributed by atoms with Crippen LogP contribution >= 0.6 is 39.0 Å². The lowest BCUT2D eigenvalue weighted by atomic mass is 10.5. The van der Waals surface area contributed by atoms with Gasteiger partial charge in [0, 0.05) is 15.1 Å². The number of hydrogen-bond acceptors (Lipinski definition) is 4. The number of aromatic nitrogens is 3. The van der Waals surface area contributed by atoms with Crippen molar-refractivity contribution in [1.29, 1.82) is 0 Å². The van der Waals surface area contributed by atoms with E-state index in [-0.39, 0.29) is 0 Å². The molecule has 0 bridgehead atoms. The lowest BCUT2D eigenvalue weighted by Crippen LogP contribution is -1.78. The molecule has 0 aliphatic heterocycles. The fraction of sp³-hybridized carbons (Fsp3) is 0.250. The quantitative estimate of drug-likeness (QED) is 0.882. The summed E-state index contributed by atoms with van der Waals surface area (Å²) in [7, 11) is 0. The summed E-state index contributed by atoms with van der Waals surface area (Å²) in [6.07, 6.45) is 0. The molecule has 3 nitrogen and oxygen atoms in total. The van der Waals surface area contributed by atoms with E-state index >= 15 is 0 Å². The number of rotatable bonds is 3. The normalized spacial score (nSPS) is 10.7. The van der Waals surface area contributed by atoms with E-state index in [9.17, 15) is 0 Å². The van der Waals surface area contributed by atoms with E-state index in [2.05, 4.69) is 42.6 Å². The third-order valence-corrected chi connectivity index (χ3v) is 4.58. The van der Waals surface area contributed by atoms with Gasteiger partial charge in [-0.25, -0.2) is 4.98 Å². The van der Waals surface area contributed by atoms with Gasteiger partial charge >= 0.3 is 0 Å². The van der Waals surface area contributed by atoms with Crippen LogP contribution in [0.5, 0.6) is 0 Å². The molecule has 0 aliphatic carbocycles. The van der Waals surface area contributed by atoms with Crippen LogP contribution in [0, 0.1) is 6.92 Å². The van der Waals surface area contributed by atoms with Gasteiger partial charge in [0.15, 0.2) is 0 Å². The summed E-state index contributed by atoms with van der Waals surface area (Å²) in [6.45, 7) is 1.90. The summed E-state index contributed by atoms with van der Waals surface area (Å²) in [5.74, 6) is 1.77. The van der Waals surface area contributed by atoms with Crippen LogP contribution < -0.4 is 0 Å². The Morgan fingerprint density at radius 2 is 2.50 bits per heavy atom. The van der Waals surface area contributed by atoms with Crippen molar-refractivity contribution >= 4 is 39.0 Å². The topological polar surface area (TPSA) is 41.6 Å². The summed E-state index contributed by atoms with van der Waals surface area (Å²) in [6, 6.07) is 2.06. The molecule has 0 unspecified atom stereocenters. The van der Waals surface area contributed by atoms with Gasteiger partial charge in [0.2, 0.25) is 5.16 Å². The van der Waals surface area contributed by atoms with Crippen molar-refractivity contribution in [1.82, 2.24) is 15.2 Å². The van der Waals surface area contributed by atoms with Crippen molar-refractivity contribution in [2.45, 2.75) is 17.8 Å². The smallest absolute Gasteiger partial charge is 0.208 e. The SMILES string of the molecule is Cc1nc(SCc2sccc2Br)n[nH]1. The van der Waals surface area contributed by atoms with Gasteiger partial charge in [0.1, 0.15) is 5.82 Å². The Kier molecular flexibility index (Phi) is 3.25. The van der Waals surface area contributed by atoms with Crippen LogP contribution in [0.3, 0.4) is 0 Å². The molecule has 0 saturated carbocycles. The molecule has 0 aromatic carbocycles. The highest BCUT2D eigenvalue weighted by atomic mass is 79.9. The molecule has 0 spiro atoms. The summed E-state index contributed by atoms with van der Waals surface area (Å²) in [4.78, 5) is 5.54. The molecule has 1 N–H and O–H groups in total. The Balaban J connectivity index is 1.98. The first-order valence-corrected chi connectivity index (χ1v) is 6.65. The number of thioether (sulfide) groups is 1. The molecule has 2 rings (SSSR count). The molecule has 0 fully saturated rings. The van der Waals surface area contributed by atoms with Crippen LogP contribution in [-0.4, -0.2) is 15.2 Å². The maximum absolute atomic E-state index is 4.23. The van der Waals surface area contributed by atoms with Gasteiger partial charge in [0.25, 0.3) is 0 Å². The zero-order valence-corrected chi connectivity index (χ0v) is 10.7. The van der Waals surface area contributed by atoms with Crippen molar-refractivity contribution in [3.8, 4) is 0 Å².